The molecule has 0 aliphatic heterocycles. The Morgan fingerprint density at radius 3 is 2.41 bits per heavy atom. The maximum Gasteiger partial charge on any atom is 0.136 e. The molecule has 4 rings (SSSR count). The van der Waals surface area contributed by atoms with E-state index in [1.165, 1.54) is 21.7 Å². The molecule has 1 heterocycles. The summed E-state index contributed by atoms with van der Waals surface area (Å²) in [6.07, 6.45) is 0. The first-order valence-electron chi connectivity index (χ1n) is 7.40. The van der Waals surface area contributed by atoms with Gasteiger partial charge in [-0.25, -0.2) is 0 Å². The van der Waals surface area contributed by atoms with Crippen molar-refractivity contribution in [1.29, 1.82) is 0 Å². The zero-order chi connectivity index (χ0) is 15.1. The molecule has 106 valence electrons. The van der Waals surface area contributed by atoms with E-state index in [1.807, 2.05) is 36.4 Å². The summed E-state index contributed by atoms with van der Waals surface area (Å²) in [5.74, 6) is 0. The van der Waals surface area contributed by atoms with E-state index in [0.717, 1.165) is 21.8 Å². The summed E-state index contributed by atoms with van der Waals surface area (Å²) in [5, 5.41) is 4.55. The highest BCUT2D eigenvalue weighted by molar-refractivity contribution is 6.05. The van der Waals surface area contributed by atoms with Gasteiger partial charge in [-0.2, -0.15) is 0 Å². The Hall–Kier alpha value is -2.80. The van der Waals surface area contributed by atoms with Crippen molar-refractivity contribution in [3.63, 3.8) is 0 Å². The fourth-order valence-electron chi connectivity index (χ4n) is 3.00. The van der Waals surface area contributed by atoms with Crippen molar-refractivity contribution in [1.82, 2.24) is 0 Å². The molecule has 3 aromatic carbocycles. The van der Waals surface area contributed by atoms with Crippen LogP contribution in [-0.4, -0.2) is 0 Å². The first-order chi connectivity index (χ1) is 10.7. The van der Waals surface area contributed by atoms with E-state index >= 15 is 0 Å². The highest BCUT2D eigenvalue weighted by Crippen LogP contribution is 2.30. The Morgan fingerprint density at radius 1 is 0.818 bits per heavy atom. The minimum absolute atomic E-state index is 0.930. The summed E-state index contributed by atoms with van der Waals surface area (Å²) in [5.41, 5.74) is 4.25. The van der Waals surface area contributed by atoms with Crippen LogP contribution in [0.4, 0.5) is 0 Å². The molecule has 0 radical (unpaired) electrons. The summed E-state index contributed by atoms with van der Waals surface area (Å²) in [7, 11) is 0. The van der Waals surface area contributed by atoms with Crippen molar-refractivity contribution in [2.24, 2.45) is 0 Å². The van der Waals surface area contributed by atoms with Gasteiger partial charge in [0.05, 0.1) is 0 Å². The molecule has 0 aliphatic rings. The summed E-state index contributed by atoms with van der Waals surface area (Å²) >= 11 is 0. The third-order valence-electron chi connectivity index (χ3n) is 4.23. The number of rotatable bonds is 1. The molecule has 1 nitrogen and oxygen atoms in total. The van der Waals surface area contributed by atoms with Crippen LogP contribution >= 0.6 is 0 Å². The zero-order valence-corrected chi connectivity index (χ0v) is 12.5. The predicted molar refractivity (Wildman–Crippen MR) is 93.1 cm³/mol. The number of hydrogen-bond donors (Lipinski definition) is 0. The Labute approximate surface area is 128 Å². The van der Waals surface area contributed by atoms with Crippen molar-refractivity contribution in [2.45, 2.75) is 6.92 Å². The maximum atomic E-state index is 5.98. The van der Waals surface area contributed by atoms with E-state index in [1.54, 1.807) is 0 Å². The van der Waals surface area contributed by atoms with Gasteiger partial charge in [0.1, 0.15) is 11.2 Å². The van der Waals surface area contributed by atoms with Crippen LogP contribution in [-0.2, 0) is 0 Å². The molecule has 0 N–H and O–H groups in total. The molecular weight excluding hydrogens is 268 g/mol. The van der Waals surface area contributed by atoms with Gasteiger partial charge in [-0.1, -0.05) is 55.1 Å². The summed E-state index contributed by atoms with van der Waals surface area (Å²) in [6, 6.07) is 22.8. The quantitative estimate of drug-likeness (QED) is 0.510. The van der Waals surface area contributed by atoms with Gasteiger partial charge in [0.2, 0.25) is 0 Å². The third-order valence-corrected chi connectivity index (χ3v) is 4.23. The number of para-hydroxylation sites is 1. The van der Waals surface area contributed by atoms with Gasteiger partial charge < -0.3 is 4.42 Å². The molecule has 0 amide bonds. The topological polar surface area (TPSA) is 13.1 Å². The first kappa shape index (κ1) is 12.9. The first-order valence-corrected chi connectivity index (χ1v) is 7.40. The van der Waals surface area contributed by atoms with E-state index in [9.17, 15) is 0 Å². The molecule has 0 fully saturated rings. The Morgan fingerprint density at radius 2 is 1.55 bits per heavy atom. The van der Waals surface area contributed by atoms with E-state index < -0.39 is 0 Å². The lowest BCUT2D eigenvalue weighted by Gasteiger charge is -2.02. The minimum Gasteiger partial charge on any atom is -0.456 e. The van der Waals surface area contributed by atoms with Crippen LogP contribution in [0.3, 0.4) is 0 Å². The highest BCUT2D eigenvalue weighted by atomic mass is 16.3. The van der Waals surface area contributed by atoms with Gasteiger partial charge in [-0.3, -0.25) is 0 Å². The van der Waals surface area contributed by atoms with Crippen LogP contribution in [0.15, 0.2) is 71.1 Å². The van der Waals surface area contributed by atoms with Gasteiger partial charge in [0.15, 0.2) is 0 Å². The fourth-order valence-corrected chi connectivity index (χ4v) is 3.00. The van der Waals surface area contributed by atoms with Gasteiger partial charge in [0.25, 0.3) is 0 Å². The minimum atomic E-state index is 0.930. The SMILES string of the molecule is C=c1cccc/c1=C(/C)c1ccc2c(c1)oc1ccccc12. The van der Waals surface area contributed by atoms with Gasteiger partial charge in [-0.15, -0.1) is 0 Å². The summed E-state index contributed by atoms with van der Waals surface area (Å²) < 4.78 is 5.98. The standard InChI is InChI=1S/C21H16O/c1-14-7-3-4-8-17(14)15(2)16-11-12-19-18-9-5-6-10-20(18)22-21(19)13-16/h3-13H,1H2,2H3/b17-15+. The molecule has 0 unspecified atom stereocenters. The molecule has 1 aromatic heterocycles. The maximum absolute atomic E-state index is 5.98. The van der Waals surface area contributed by atoms with E-state index in [2.05, 4.69) is 43.8 Å². The second-order valence-electron chi connectivity index (χ2n) is 5.59. The average molecular weight is 284 g/mol. The molecule has 22 heavy (non-hydrogen) atoms. The lowest BCUT2D eigenvalue weighted by Crippen LogP contribution is -2.24. The number of hydrogen-bond acceptors (Lipinski definition) is 1. The van der Waals surface area contributed by atoms with Crippen molar-refractivity contribution < 1.29 is 4.42 Å². The highest BCUT2D eigenvalue weighted by Gasteiger charge is 2.07. The van der Waals surface area contributed by atoms with Crippen LogP contribution in [0.25, 0.3) is 34.1 Å². The van der Waals surface area contributed by atoms with Crippen molar-refractivity contribution >= 4 is 34.1 Å². The Bertz CT molecular complexity index is 1100. The lowest BCUT2D eigenvalue weighted by atomic mass is 10.0. The van der Waals surface area contributed by atoms with Crippen molar-refractivity contribution in [2.75, 3.05) is 0 Å². The number of furan rings is 1. The summed E-state index contributed by atoms with van der Waals surface area (Å²) in [4.78, 5) is 0. The lowest BCUT2D eigenvalue weighted by molar-refractivity contribution is 0.669. The second kappa shape index (κ2) is 4.88. The Balaban J connectivity index is 2.01. The average Bonchev–Trinajstić information content (AvgIpc) is 2.92. The molecule has 4 aromatic rings. The van der Waals surface area contributed by atoms with Crippen LogP contribution in [0.5, 0.6) is 0 Å². The molecule has 0 spiro atoms. The molecule has 0 atom stereocenters. The van der Waals surface area contributed by atoms with Crippen LogP contribution < -0.4 is 10.4 Å². The van der Waals surface area contributed by atoms with Gasteiger partial charge in [-0.05, 0) is 46.7 Å². The summed E-state index contributed by atoms with van der Waals surface area (Å²) in [6.45, 7) is 6.25. The number of benzene rings is 3. The zero-order valence-electron chi connectivity index (χ0n) is 12.5. The largest absolute Gasteiger partial charge is 0.456 e. The van der Waals surface area contributed by atoms with Gasteiger partial charge in [0, 0.05) is 10.8 Å². The molecule has 0 aliphatic carbocycles. The van der Waals surface area contributed by atoms with Crippen LogP contribution in [0, 0.1) is 0 Å². The second-order valence-corrected chi connectivity index (χ2v) is 5.59. The van der Waals surface area contributed by atoms with Crippen molar-refractivity contribution in [3.8, 4) is 0 Å². The molecule has 1 heteroatoms. The normalized spacial score (nSPS) is 12.8. The third kappa shape index (κ3) is 1.94. The van der Waals surface area contributed by atoms with Crippen LogP contribution in [0.1, 0.15) is 12.5 Å². The monoisotopic (exact) mass is 284 g/mol. The molecular formula is C21H16O. The van der Waals surface area contributed by atoms with E-state index in [4.69, 9.17) is 4.42 Å². The molecule has 0 saturated heterocycles. The van der Waals surface area contributed by atoms with E-state index in [0.29, 0.717) is 0 Å². The van der Waals surface area contributed by atoms with Crippen LogP contribution in [0.2, 0.25) is 0 Å². The predicted octanol–water partition coefficient (Wildman–Crippen LogP) is 4.22. The number of fused-ring (bicyclic) bond motifs is 3. The fraction of sp³-hybridized carbons (Fsp3) is 0.0476. The molecule has 0 saturated carbocycles. The van der Waals surface area contributed by atoms with Crippen molar-refractivity contribution in [3.05, 3.63) is 82.7 Å². The smallest absolute Gasteiger partial charge is 0.136 e. The molecule has 0 bridgehead atoms. The van der Waals surface area contributed by atoms with E-state index in [-0.39, 0.29) is 0 Å². The Kier molecular flexibility index (Phi) is 2.87. The van der Waals surface area contributed by atoms with Gasteiger partial charge >= 0.3 is 0 Å².